The van der Waals surface area contributed by atoms with Crippen molar-refractivity contribution in [1.29, 1.82) is 0 Å². The van der Waals surface area contributed by atoms with E-state index in [0.717, 1.165) is 19.3 Å². The second-order valence-electron chi connectivity index (χ2n) is 2.99. The molecule has 0 saturated heterocycles. The maximum atomic E-state index is 10.8. The Labute approximate surface area is 71.6 Å². The van der Waals surface area contributed by atoms with Gasteiger partial charge in [0.05, 0.1) is 6.10 Å². The highest BCUT2D eigenvalue weighted by molar-refractivity contribution is 5.73. The van der Waals surface area contributed by atoms with Gasteiger partial charge in [-0.25, -0.2) is 10.6 Å². The smallest absolute Gasteiger partial charge is 0.329 e. The van der Waals surface area contributed by atoms with Crippen molar-refractivity contribution in [3.63, 3.8) is 0 Å². The number of rotatable bonds is 2. The van der Waals surface area contributed by atoms with E-state index in [9.17, 15) is 4.79 Å². The van der Waals surface area contributed by atoms with Gasteiger partial charge in [-0.1, -0.05) is 0 Å². The summed E-state index contributed by atoms with van der Waals surface area (Å²) in [5.74, 6) is 4.92. The minimum atomic E-state index is -0.322. The van der Waals surface area contributed by atoms with E-state index in [-0.39, 0.29) is 18.2 Å². The van der Waals surface area contributed by atoms with E-state index in [1.807, 2.05) is 5.43 Å². The molecule has 0 aromatic heterocycles. The molecule has 0 radical (unpaired) electrons. The minimum absolute atomic E-state index is 0.207. The third-order valence-corrected chi connectivity index (χ3v) is 2.18. The molecule has 1 rings (SSSR count). The van der Waals surface area contributed by atoms with Crippen LogP contribution in [-0.2, 0) is 4.74 Å². The summed E-state index contributed by atoms with van der Waals surface area (Å²) < 4.78 is 5.15. The van der Waals surface area contributed by atoms with Crippen LogP contribution >= 0.6 is 0 Å². The first-order chi connectivity index (χ1) is 5.76. The van der Waals surface area contributed by atoms with E-state index < -0.39 is 0 Å². The molecule has 1 saturated carbocycles. The fourth-order valence-electron chi connectivity index (χ4n) is 1.51. The van der Waals surface area contributed by atoms with Crippen LogP contribution in [0.3, 0.4) is 0 Å². The number of nitrogens with one attached hydrogen (secondary N) is 2. The van der Waals surface area contributed by atoms with Crippen LogP contribution in [-0.4, -0.2) is 25.3 Å². The molecule has 1 aliphatic rings. The highest BCUT2D eigenvalue weighted by Gasteiger charge is 2.25. The van der Waals surface area contributed by atoms with Gasteiger partial charge in [0.25, 0.3) is 0 Å². The zero-order valence-corrected chi connectivity index (χ0v) is 7.17. The number of urea groups is 1. The van der Waals surface area contributed by atoms with E-state index in [4.69, 9.17) is 10.6 Å². The molecule has 0 aliphatic heterocycles. The standard InChI is InChI=1S/C7H15N3O2/c1-12-6-3-2-5(4-6)9-7(11)10-8/h5-6H,2-4,8H2,1H3,(H2,9,10,11). The monoisotopic (exact) mass is 173 g/mol. The van der Waals surface area contributed by atoms with Crippen molar-refractivity contribution in [3.8, 4) is 0 Å². The second kappa shape index (κ2) is 4.27. The SMILES string of the molecule is COC1CCC(NC(=O)NN)C1. The highest BCUT2D eigenvalue weighted by atomic mass is 16.5. The van der Waals surface area contributed by atoms with Crippen LogP contribution in [0.15, 0.2) is 0 Å². The predicted octanol–water partition coefficient (Wildman–Crippen LogP) is -0.273. The molecule has 0 aromatic rings. The Kier molecular flexibility index (Phi) is 3.31. The van der Waals surface area contributed by atoms with Crippen molar-refractivity contribution < 1.29 is 9.53 Å². The fraction of sp³-hybridized carbons (Fsp3) is 0.857. The first-order valence-corrected chi connectivity index (χ1v) is 4.06. The van der Waals surface area contributed by atoms with Crippen molar-refractivity contribution in [2.45, 2.75) is 31.4 Å². The number of carbonyl (C=O) groups is 1. The van der Waals surface area contributed by atoms with Gasteiger partial charge in [0.2, 0.25) is 0 Å². The number of ether oxygens (including phenoxy) is 1. The van der Waals surface area contributed by atoms with Crippen LogP contribution in [0.25, 0.3) is 0 Å². The highest BCUT2D eigenvalue weighted by Crippen LogP contribution is 2.20. The van der Waals surface area contributed by atoms with E-state index >= 15 is 0 Å². The van der Waals surface area contributed by atoms with Gasteiger partial charge in [0.1, 0.15) is 0 Å². The Hall–Kier alpha value is -0.810. The van der Waals surface area contributed by atoms with Crippen LogP contribution in [0.1, 0.15) is 19.3 Å². The Morgan fingerprint density at radius 1 is 1.58 bits per heavy atom. The topological polar surface area (TPSA) is 76.4 Å². The number of carbonyl (C=O) groups excluding carboxylic acids is 1. The number of amides is 2. The maximum Gasteiger partial charge on any atom is 0.329 e. The molecule has 1 fully saturated rings. The van der Waals surface area contributed by atoms with Gasteiger partial charge < -0.3 is 10.1 Å². The third-order valence-electron chi connectivity index (χ3n) is 2.18. The molecule has 2 atom stereocenters. The minimum Gasteiger partial charge on any atom is -0.381 e. The van der Waals surface area contributed by atoms with Crippen molar-refractivity contribution in [2.24, 2.45) is 5.84 Å². The van der Waals surface area contributed by atoms with Crippen LogP contribution in [0.4, 0.5) is 4.79 Å². The first kappa shape index (κ1) is 9.28. The summed E-state index contributed by atoms with van der Waals surface area (Å²) >= 11 is 0. The molecule has 2 amide bonds. The summed E-state index contributed by atoms with van der Waals surface area (Å²) in [6.07, 6.45) is 3.13. The van der Waals surface area contributed by atoms with Gasteiger partial charge in [-0.3, -0.25) is 5.43 Å². The first-order valence-electron chi connectivity index (χ1n) is 4.06. The van der Waals surface area contributed by atoms with Crippen LogP contribution in [0, 0.1) is 0 Å². The summed E-state index contributed by atoms with van der Waals surface area (Å²) in [5.41, 5.74) is 2.03. The number of methoxy groups -OCH3 is 1. The average molecular weight is 173 g/mol. The molecule has 2 unspecified atom stereocenters. The van der Waals surface area contributed by atoms with Crippen molar-refractivity contribution in [2.75, 3.05) is 7.11 Å². The lowest BCUT2D eigenvalue weighted by Gasteiger charge is -2.11. The molecule has 0 heterocycles. The normalized spacial score (nSPS) is 28.5. The Morgan fingerprint density at radius 2 is 2.33 bits per heavy atom. The molecule has 0 bridgehead atoms. The maximum absolute atomic E-state index is 10.8. The molecule has 1 aliphatic carbocycles. The van der Waals surface area contributed by atoms with E-state index in [0.29, 0.717) is 0 Å². The third kappa shape index (κ3) is 2.35. The lowest BCUT2D eigenvalue weighted by Crippen LogP contribution is -2.44. The summed E-state index contributed by atoms with van der Waals surface area (Å²) in [6.45, 7) is 0. The number of hydrogen-bond acceptors (Lipinski definition) is 3. The quantitative estimate of drug-likeness (QED) is 0.305. The Bertz CT molecular complexity index is 163. The fourth-order valence-corrected chi connectivity index (χ4v) is 1.51. The van der Waals surface area contributed by atoms with E-state index in [2.05, 4.69) is 5.32 Å². The molecule has 0 spiro atoms. The molecular formula is C7H15N3O2. The van der Waals surface area contributed by atoms with Crippen LogP contribution < -0.4 is 16.6 Å². The summed E-state index contributed by atoms with van der Waals surface area (Å²) in [7, 11) is 1.69. The zero-order chi connectivity index (χ0) is 8.97. The largest absolute Gasteiger partial charge is 0.381 e. The second-order valence-corrected chi connectivity index (χ2v) is 2.99. The van der Waals surface area contributed by atoms with Crippen LogP contribution in [0.5, 0.6) is 0 Å². The van der Waals surface area contributed by atoms with Gasteiger partial charge in [0, 0.05) is 13.2 Å². The van der Waals surface area contributed by atoms with Crippen molar-refractivity contribution in [3.05, 3.63) is 0 Å². The Balaban J connectivity index is 2.23. The number of hydrogen-bond donors (Lipinski definition) is 3. The number of hydrazine groups is 1. The van der Waals surface area contributed by atoms with Crippen molar-refractivity contribution in [1.82, 2.24) is 10.7 Å². The lowest BCUT2D eigenvalue weighted by atomic mass is 10.2. The van der Waals surface area contributed by atoms with Gasteiger partial charge in [-0.2, -0.15) is 0 Å². The molecule has 0 aromatic carbocycles. The van der Waals surface area contributed by atoms with Gasteiger partial charge in [-0.05, 0) is 19.3 Å². The molecule has 4 N–H and O–H groups in total. The summed E-state index contributed by atoms with van der Waals surface area (Å²) in [6, 6.07) is -0.116. The van der Waals surface area contributed by atoms with Gasteiger partial charge in [0.15, 0.2) is 0 Å². The molecular weight excluding hydrogens is 158 g/mol. The van der Waals surface area contributed by atoms with Gasteiger partial charge >= 0.3 is 6.03 Å². The molecule has 70 valence electrons. The molecule has 5 heteroatoms. The number of nitrogens with two attached hydrogens (primary N) is 1. The average Bonchev–Trinajstić information content (AvgIpc) is 2.52. The van der Waals surface area contributed by atoms with Crippen molar-refractivity contribution >= 4 is 6.03 Å². The molecule has 12 heavy (non-hydrogen) atoms. The summed E-state index contributed by atoms with van der Waals surface area (Å²) in [5, 5.41) is 2.74. The Morgan fingerprint density at radius 3 is 2.83 bits per heavy atom. The van der Waals surface area contributed by atoms with Gasteiger partial charge in [-0.15, -0.1) is 0 Å². The molecule has 5 nitrogen and oxygen atoms in total. The predicted molar refractivity (Wildman–Crippen MR) is 44.3 cm³/mol. The van der Waals surface area contributed by atoms with Crippen LogP contribution in [0.2, 0.25) is 0 Å². The van der Waals surface area contributed by atoms with E-state index in [1.54, 1.807) is 7.11 Å². The van der Waals surface area contributed by atoms with E-state index in [1.165, 1.54) is 0 Å². The summed E-state index contributed by atoms with van der Waals surface area (Å²) in [4.78, 5) is 10.8. The zero-order valence-electron chi connectivity index (χ0n) is 7.17. The lowest BCUT2D eigenvalue weighted by molar-refractivity contribution is 0.107.